The van der Waals surface area contributed by atoms with Crippen molar-refractivity contribution in [1.29, 1.82) is 0 Å². The van der Waals surface area contributed by atoms with Gasteiger partial charge in [-0.2, -0.15) is 0 Å². The molecule has 2 aliphatic rings. The van der Waals surface area contributed by atoms with Gasteiger partial charge in [0.25, 0.3) is 5.91 Å². The van der Waals surface area contributed by atoms with Gasteiger partial charge in [0.2, 0.25) is 5.88 Å². The van der Waals surface area contributed by atoms with Gasteiger partial charge < -0.3 is 24.8 Å². The molecule has 2 aromatic rings. The minimum atomic E-state index is -0.533. The molecule has 1 aromatic carbocycles. The van der Waals surface area contributed by atoms with Crippen LogP contribution in [-0.2, 0) is 24.1 Å². The Bertz CT molecular complexity index is 1280. The van der Waals surface area contributed by atoms with E-state index in [-0.39, 0.29) is 18.1 Å². The van der Waals surface area contributed by atoms with E-state index in [2.05, 4.69) is 33.8 Å². The first kappa shape index (κ1) is 30.7. The van der Waals surface area contributed by atoms with E-state index < -0.39 is 11.7 Å². The number of halogens is 1. The second-order valence-electron chi connectivity index (χ2n) is 11.8. The summed E-state index contributed by atoms with van der Waals surface area (Å²) in [4.78, 5) is 30.3. The molecule has 1 aliphatic heterocycles. The Morgan fingerprint density at radius 2 is 1.85 bits per heavy atom. The summed E-state index contributed by atoms with van der Waals surface area (Å²) < 4.78 is 17.5. The second-order valence-corrected chi connectivity index (χ2v) is 12.3. The summed E-state index contributed by atoms with van der Waals surface area (Å²) in [5, 5.41) is 6.49. The van der Waals surface area contributed by atoms with Gasteiger partial charge in [0, 0.05) is 40.0 Å². The zero-order valence-corrected chi connectivity index (χ0v) is 25.5. The quantitative estimate of drug-likeness (QED) is 0.392. The average molecular weight is 584 g/mol. The van der Waals surface area contributed by atoms with Gasteiger partial charge in [0.1, 0.15) is 11.4 Å². The summed E-state index contributed by atoms with van der Waals surface area (Å²) in [7, 11) is 1.60. The summed E-state index contributed by atoms with van der Waals surface area (Å²) >= 11 is 6.53. The monoisotopic (exact) mass is 583 g/mol. The molecule has 0 saturated heterocycles. The van der Waals surface area contributed by atoms with Gasteiger partial charge in [-0.3, -0.25) is 4.79 Å². The maximum atomic E-state index is 13.6. The van der Waals surface area contributed by atoms with Gasteiger partial charge in [-0.25, -0.2) is 9.78 Å². The molecule has 4 rings (SSSR count). The summed E-state index contributed by atoms with van der Waals surface area (Å²) in [5.74, 6) is 0.942. The highest BCUT2D eigenvalue weighted by Crippen LogP contribution is 2.33. The smallest absolute Gasteiger partial charge is 0.407 e. The number of carbonyl (C=O) groups excluding carboxylic acids is 2. The first-order valence-corrected chi connectivity index (χ1v) is 14.9. The third kappa shape index (κ3) is 8.62. The Hall–Kier alpha value is -3.26. The number of carbonyl (C=O) groups is 2. The Balaban J connectivity index is 1.51. The molecule has 2 heterocycles. The molecule has 41 heavy (non-hydrogen) atoms. The van der Waals surface area contributed by atoms with Crippen molar-refractivity contribution < 1.29 is 23.8 Å². The van der Waals surface area contributed by atoms with Gasteiger partial charge in [0.05, 0.1) is 13.2 Å². The summed E-state index contributed by atoms with van der Waals surface area (Å²) in [5.41, 5.74) is 3.69. The van der Waals surface area contributed by atoms with Crippen LogP contribution >= 0.6 is 11.6 Å². The number of hydrogen-bond acceptors (Lipinski definition) is 6. The van der Waals surface area contributed by atoms with E-state index >= 15 is 0 Å². The number of nitrogens with one attached hydrogen (secondary N) is 2. The molecule has 1 aromatic heterocycles. The normalized spacial score (nSPS) is 20.6. The Kier molecular flexibility index (Phi) is 10.2. The van der Waals surface area contributed by atoms with E-state index in [0.29, 0.717) is 35.2 Å². The van der Waals surface area contributed by atoms with Crippen LogP contribution in [0.1, 0.15) is 92.0 Å². The minimum absolute atomic E-state index is 0.0421. The van der Waals surface area contributed by atoms with Crippen LogP contribution in [0, 0.1) is 6.92 Å². The molecule has 222 valence electrons. The van der Waals surface area contributed by atoms with Crippen molar-refractivity contribution in [3.63, 3.8) is 0 Å². The van der Waals surface area contributed by atoms with E-state index in [1.54, 1.807) is 19.2 Å². The summed E-state index contributed by atoms with van der Waals surface area (Å²) in [6.45, 7) is 7.81. The largest absolute Gasteiger partial charge is 0.490 e. The molecule has 1 saturated carbocycles. The van der Waals surface area contributed by atoms with Crippen LogP contribution < -0.4 is 20.1 Å². The molecule has 8 nitrogen and oxygen atoms in total. The molecule has 9 heteroatoms. The van der Waals surface area contributed by atoms with Gasteiger partial charge >= 0.3 is 6.09 Å². The highest BCUT2D eigenvalue weighted by atomic mass is 35.5. The molecule has 0 unspecified atom stereocenters. The second kappa shape index (κ2) is 13.6. The predicted molar refractivity (Wildman–Crippen MR) is 160 cm³/mol. The van der Waals surface area contributed by atoms with Crippen molar-refractivity contribution in [2.24, 2.45) is 0 Å². The van der Waals surface area contributed by atoms with Crippen LogP contribution in [0.5, 0.6) is 11.6 Å². The van der Waals surface area contributed by atoms with E-state index in [0.717, 1.165) is 67.3 Å². The van der Waals surface area contributed by atoms with Crippen LogP contribution in [0.4, 0.5) is 4.79 Å². The van der Waals surface area contributed by atoms with E-state index in [4.69, 9.17) is 25.8 Å². The van der Waals surface area contributed by atoms with Crippen LogP contribution in [0.3, 0.4) is 0 Å². The van der Waals surface area contributed by atoms with Gasteiger partial charge in [-0.05, 0) is 103 Å². The van der Waals surface area contributed by atoms with Crippen molar-refractivity contribution in [3.8, 4) is 11.6 Å². The average Bonchev–Trinajstić information content (AvgIpc) is 2.91. The number of alkyl carbamates (subject to hydrolysis) is 1. The molecule has 0 spiro atoms. The Morgan fingerprint density at radius 1 is 1.10 bits per heavy atom. The summed E-state index contributed by atoms with van der Waals surface area (Å²) in [6, 6.07) is 5.62. The number of nitrogens with zero attached hydrogens (tertiary/aromatic N) is 1. The molecule has 1 fully saturated rings. The van der Waals surface area contributed by atoms with Gasteiger partial charge in [0.15, 0.2) is 0 Å². The van der Waals surface area contributed by atoms with Crippen molar-refractivity contribution in [2.45, 2.75) is 103 Å². The number of allylic oxidation sites excluding steroid dienone is 2. The molecular weight excluding hydrogens is 542 g/mol. The number of methoxy groups -OCH3 is 1. The van der Waals surface area contributed by atoms with Crippen molar-refractivity contribution >= 4 is 23.6 Å². The van der Waals surface area contributed by atoms with Crippen LogP contribution in [0.15, 0.2) is 30.4 Å². The fraction of sp³-hybridized carbons (Fsp3) is 0.531. The highest BCUT2D eigenvalue weighted by molar-refractivity contribution is 6.31. The number of aromatic nitrogens is 1. The minimum Gasteiger partial charge on any atom is -0.490 e. The molecule has 1 aliphatic carbocycles. The number of hydrogen-bond donors (Lipinski definition) is 2. The van der Waals surface area contributed by atoms with E-state index in [1.807, 2.05) is 27.7 Å². The third-order valence-electron chi connectivity index (χ3n) is 7.34. The van der Waals surface area contributed by atoms with Crippen LogP contribution in [0.25, 0.3) is 0 Å². The van der Waals surface area contributed by atoms with Crippen molar-refractivity contribution in [2.75, 3.05) is 7.11 Å². The Morgan fingerprint density at radius 3 is 2.56 bits per heavy atom. The molecule has 0 radical (unpaired) electrons. The predicted octanol–water partition coefficient (Wildman–Crippen LogP) is 6.63. The lowest BCUT2D eigenvalue weighted by molar-refractivity contribution is 0.0470. The topological polar surface area (TPSA) is 98.8 Å². The van der Waals surface area contributed by atoms with Crippen molar-refractivity contribution in [1.82, 2.24) is 15.6 Å². The number of benzene rings is 1. The third-order valence-corrected chi connectivity index (χ3v) is 7.56. The molecule has 2 amide bonds. The van der Waals surface area contributed by atoms with Crippen LogP contribution in [0.2, 0.25) is 5.02 Å². The summed E-state index contributed by atoms with van der Waals surface area (Å²) in [6.07, 6.45) is 10.2. The lowest BCUT2D eigenvalue weighted by Gasteiger charge is -2.31. The molecular formula is C32H42ClN3O5. The zero-order valence-electron chi connectivity index (χ0n) is 24.8. The number of fused-ring (bicyclic) bond motifs is 2. The fourth-order valence-corrected chi connectivity index (χ4v) is 5.63. The zero-order chi connectivity index (χ0) is 29.6. The highest BCUT2D eigenvalue weighted by Gasteiger charge is 2.27. The molecule has 0 bridgehead atoms. The first-order chi connectivity index (χ1) is 19.5. The van der Waals surface area contributed by atoms with E-state index in [1.165, 1.54) is 0 Å². The molecule has 0 atom stereocenters. The van der Waals surface area contributed by atoms with Gasteiger partial charge in [-0.15, -0.1) is 0 Å². The van der Waals surface area contributed by atoms with Crippen LogP contribution in [-0.4, -0.2) is 41.8 Å². The number of amides is 2. The number of ether oxygens (including phenoxy) is 3. The lowest BCUT2D eigenvalue weighted by Crippen LogP contribution is -2.42. The SMILES string of the molecule is COc1nc(C)cc2c1CNC(=O)c1cc(Cl)cc(O[C@H]3CC[C@H](NC(=O)OC(C)(C)C)CC3)c1C/C=C/CCC2. The Labute approximate surface area is 248 Å². The first-order valence-electron chi connectivity index (χ1n) is 14.5. The number of rotatable bonds is 4. The number of aryl methyl sites for hydroxylation is 2. The number of pyridine rings is 1. The fourth-order valence-electron chi connectivity index (χ4n) is 5.42. The van der Waals surface area contributed by atoms with Gasteiger partial charge in [-0.1, -0.05) is 23.8 Å². The maximum absolute atomic E-state index is 13.6. The maximum Gasteiger partial charge on any atom is 0.407 e. The lowest BCUT2D eigenvalue weighted by atomic mass is 9.92. The van der Waals surface area contributed by atoms with E-state index in [9.17, 15) is 9.59 Å². The molecule has 2 N–H and O–H groups in total. The standard InChI is InChI=1S/C32H42ClN3O5/c1-20-16-21-10-8-6-7-9-11-25-26(29(37)34-19-27(21)30(35-20)39-5)17-22(33)18-28(25)40-24-14-12-23(13-15-24)36-31(38)41-32(2,3)4/h7,9,16-18,23-24H,6,8,10-15,19H2,1-5H3,(H,34,37)(H,36,38)/b9-7+/t23-,24-. The van der Waals surface area contributed by atoms with Crippen molar-refractivity contribution in [3.05, 3.63) is 63.3 Å².